The second-order valence-electron chi connectivity index (χ2n) is 6.03. The van der Waals surface area contributed by atoms with Crippen LogP contribution >= 0.6 is 22.9 Å². The van der Waals surface area contributed by atoms with E-state index in [9.17, 15) is 14.7 Å². The van der Waals surface area contributed by atoms with Gasteiger partial charge in [-0.3, -0.25) is 9.59 Å². The minimum Gasteiger partial charge on any atom is -0.507 e. The van der Waals surface area contributed by atoms with Gasteiger partial charge in [0.1, 0.15) is 17.6 Å². The third-order valence-electron chi connectivity index (χ3n) is 4.38. The summed E-state index contributed by atoms with van der Waals surface area (Å²) < 4.78 is 5.34. The molecule has 1 aliphatic rings. The van der Waals surface area contributed by atoms with Gasteiger partial charge in [-0.15, -0.1) is 11.3 Å². The van der Waals surface area contributed by atoms with Gasteiger partial charge in [0.2, 0.25) is 0 Å². The molecule has 4 rings (SSSR count). The van der Waals surface area contributed by atoms with Crippen molar-refractivity contribution >= 4 is 40.4 Å². The number of furan rings is 1. The first-order valence-electron chi connectivity index (χ1n) is 8.16. The van der Waals surface area contributed by atoms with Crippen LogP contribution in [0.2, 0.25) is 5.02 Å². The molecule has 5 nitrogen and oxygen atoms in total. The van der Waals surface area contributed by atoms with Crippen LogP contribution in [-0.2, 0) is 16.1 Å². The van der Waals surface area contributed by atoms with E-state index in [0.29, 0.717) is 16.3 Å². The van der Waals surface area contributed by atoms with E-state index in [-0.39, 0.29) is 17.9 Å². The minimum absolute atomic E-state index is 0.0660. The Morgan fingerprint density at radius 2 is 1.93 bits per heavy atom. The summed E-state index contributed by atoms with van der Waals surface area (Å²) in [7, 11) is 0. The zero-order chi connectivity index (χ0) is 19.0. The van der Waals surface area contributed by atoms with E-state index in [1.165, 1.54) is 22.5 Å². The van der Waals surface area contributed by atoms with E-state index >= 15 is 0 Å². The highest BCUT2D eigenvalue weighted by atomic mass is 35.5. The fourth-order valence-corrected chi connectivity index (χ4v) is 4.09. The van der Waals surface area contributed by atoms with Crippen LogP contribution in [0.3, 0.4) is 0 Å². The van der Waals surface area contributed by atoms with Gasteiger partial charge in [0, 0.05) is 15.5 Å². The number of Topliss-reactive ketones (excluding diaryl/α,β-unsaturated/α-hetero) is 1. The Bertz CT molecular complexity index is 1010. The number of halogens is 1. The summed E-state index contributed by atoms with van der Waals surface area (Å²) in [6, 6.07) is 12.9. The monoisotopic (exact) mass is 399 g/mol. The molecule has 0 bridgehead atoms. The van der Waals surface area contributed by atoms with Crippen molar-refractivity contribution in [3.63, 3.8) is 0 Å². The lowest BCUT2D eigenvalue weighted by molar-refractivity contribution is -0.140. The van der Waals surface area contributed by atoms with Crippen molar-refractivity contribution < 1.29 is 19.1 Å². The maximum atomic E-state index is 12.8. The molecule has 1 unspecified atom stereocenters. The number of carbonyl (C=O) groups is 2. The molecule has 0 radical (unpaired) electrons. The first kappa shape index (κ1) is 17.6. The number of likely N-dealkylation sites (tertiary alicyclic amines) is 1. The van der Waals surface area contributed by atoms with Crippen molar-refractivity contribution in [2.45, 2.75) is 12.6 Å². The van der Waals surface area contributed by atoms with E-state index in [0.717, 1.165) is 4.88 Å². The van der Waals surface area contributed by atoms with Crippen LogP contribution in [0.15, 0.2) is 70.2 Å². The van der Waals surface area contributed by atoms with Gasteiger partial charge in [-0.25, -0.2) is 0 Å². The van der Waals surface area contributed by atoms with E-state index in [4.69, 9.17) is 16.0 Å². The molecule has 1 fully saturated rings. The van der Waals surface area contributed by atoms with Crippen molar-refractivity contribution in [2.24, 2.45) is 0 Å². The summed E-state index contributed by atoms with van der Waals surface area (Å²) >= 11 is 7.32. The number of aliphatic hydroxyl groups is 1. The molecule has 1 amide bonds. The Morgan fingerprint density at radius 3 is 2.56 bits per heavy atom. The topological polar surface area (TPSA) is 70.8 Å². The SMILES string of the molecule is O=C1C(=O)N(Cc2ccco2)C(c2cccs2)/C1=C(/O)c1ccc(Cl)cc1. The fourth-order valence-electron chi connectivity index (χ4n) is 3.12. The van der Waals surface area contributed by atoms with Crippen LogP contribution in [0.4, 0.5) is 0 Å². The van der Waals surface area contributed by atoms with E-state index in [1.807, 2.05) is 17.5 Å². The highest BCUT2D eigenvalue weighted by Gasteiger charge is 2.46. The number of thiophene rings is 1. The summed E-state index contributed by atoms with van der Waals surface area (Å²) in [5.41, 5.74) is 0.494. The molecule has 1 aliphatic heterocycles. The minimum atomic E-state index is -0.715. The highest BCUT2D eigenvalue weighted by molar-refractivity contribution is 7.10. The molecule has 2 aromatic heterocycles. The van der Waals surface area contributed by atoms with Crippen LogP contribution in [0.5, 0.6) is 0 Å². The number of amides is 1. The summed E-state index contributed by atoms with van der Waals surface area (Å²) in [6.07, 6.45) is 1.51. The van der Waals surface area contributed by atoms with Crippen molar-refractivity contribution in [1.82, 2.24) is 4.90 Å². The molecule has 3 heterocycles. The van der Waals surface area contributed by atoms with Crippen LogP contribution < -0.4 is 0 Å². The predicted octanol–water partition coefficient (Wildman–Crippen LogP) is 4.62. The van der Waals surface area contributed by atoms with Gasteiger partial charge in [0.15, 0.2) is 0 Å². The summed E-state index contributed by atoms with van der Waals surface area (Å²) in [4.78, 5) is 27.7. The zero-order valence-corrected chi connectivity index (χ0v) is 15.5. The lowest BCUT2D eigenvalue weighted by Gasteiger charge is -2.23. The summed E-state index contributed by atoms with van der Waals surface area (Å²) in [5.74, 6) is -1.04. The van der Waals surface area contributed by atoms with Gasteiger partial charge >= 0.3 is 0 Å². The average Bonchev–Trinajstić information content (AvgIpc) is 3.40. The van der Waals surface area contributed by atoms with E-state index in [2.05, 4.69) is 0 Å². The van der Waals surface area contributed by atoms with Crippen molar-refractivity contribution in [3.8, 4) is 0 Å². The molecule has 0 saturated carbocycles. The number of hydrogen-bond donors (Lipinski definition) is 1. The molecule has 1 N–H and O–H groups in total. The largest absolute Gasteiger partial charge is 0.507 e. The molecule has 1 aromatic carbocycles. The molecule has 7 heteroatoms. The molecule has 1 saturated heterocycles. The predicted molar refractivity (Wildman–Crippen MR) is 102 cm³/mol. The Hall–Kier alpha value is -2.83. The van der Waals surface area contributed by atoms with E-state index < -0.39 is 17.7 Å². The quantitative estimate of drug-likeness (QED) is 0.395. The van der Waals surface area contributed by atoms with Gasteiger partial charge < -0.3 is 14.4 Å². The third kappa shape index (κ3) is 3.18. The Labute approximate surface area is 164 Å². The molecule has 1 atom stereocenters. The average molecular weight is 400 g/mol. The fraction of sp³-hybridized carbons (Fsp3) is 0.100. The number of aliphatic hydroxyl groups excluding tert-OH is 1. The van der Waals surface area contributed by atoms with Crippen molar-refractivity contribution in [2.75, 3.05) is 0 Å². The Balaban J connectivity index is 1.83. The maximum absolute atomic E-state index is 12.8. The van der Waals surface area contributed by atoms with E-state index in [1.54, 1.807) is 36.4 Å². The number of rotatable bonds is 4. The molecule has 136 valence electrons. The lowest BCUT2D eigenvalue weighted by atomic mass is 10.00. The van der Waals surface area contributed by atoms with Gasteiger partial charge in [-0.1, -0.05) is 17.7 Å². The molecule has 3 aromatic rings. The maximum Gasteiger partial charge on any atom is 0.296 e. The van der Waals surface area contributed by atoms with Crippen LogP contribution in [-0.4, -0.2) is 21.7 Å². The Morgan fingerprint density at radius 1 is 1.15 bits per heavy atom. The number of hydrogen-bond acceptors (Lipinski definition) is 5. The highest BCUT2D eigenvalue weighted by Crippen LogP contribution is 2.41. The number of nitrogens with zero attached hydrogens (tertiary/aromatic N) is 1. The molecular weight excluding hydrogens is 386 g/mol. The van der Waals surface area contributed by atoms with Gasteiger partial charge in [-0.05, 0) is 47.8 Å². The number of carbonyl (C=O) groups excluding carboxylic acids is 2. The number of ketones is 1. The first-order valence-corrected chi connectivity index (χ1v) is 9.42. The van der Waals surface area contributed by atoms with Crippen molar-refractivity contribution in [3.05, 3.63) is 87.0 Å². The van der Waals surface area contributed by atoms with Crippen LogP contribution in [0, 0.1) is 0 Å². The molecule has 0 aliphatic carbocycles. The third-order valence-corrected chi connectivity index (χ3v) is 5.55. The molecular formula is C20H14ClNO4S. The Kier molecular flexibility index (Phi) is 4.59. The summed E-state index contributed by atoms with van der Waals surface area (Å²) in [5, 5.41) is 13.2. The molecule has 27 heavy (non-hydrogen) atoms. The second-order valence-corrected chi connectivity index (χ2v) is 7.44. The van der Waals surface area contributed by atoms with Crippen LogP contribution in [0.1, 0.15) is 22.2 Å². The van der Waals surface area contributed by atoms with Gasteiger partial charge in [-0.2, -0.15) is 0 Å². The lowest BCUT2D eigenvalue weighted by Crippen LogP contribution is -2.28. The van der Waals surface area contributed by atoms with Crippen LogP contribution in [0.25, 0.3) is 5.76 Å². The standard InChI is InChI=1S/C20H14ClNO4S/c21-13-7-5-12(6-8-13)18(23)16-17(15-4-2-10-27-15)22(20(25)19(16)24)11-14-3-1-9-26-14/h1-10,17,23H,11H2/b18-16-. The van der Waals surface area contributed by atoms with Gasteiger partial charge in [0.25, 0.3) is 11.7 Å². The molecule has 0 spiro atoms. The smallest absolute Gasteiger partial charge is 0.296 e. The zero-order valence-electron chi connectivity index (χ0n) is 14.0. The second kappa shape index (κ2) is 7.06. The van der Waals surface area contributed by atoms with Crippen molar-refractivity contribution in [1.29, 1.82) is 0 Å². The first-order chi connectivity index (χ1) is 13.1. The number of benzene rings is 1. The van der Waals surface area contributed by atoms with Gasteiger partial charge in [0.05, 0.1) is 18.4 Å². The normalized spacial score (nSPS) is 19.0. The summed E-state index contributed by atoms with van der Waals surface area (Å²) in [6.45, 7) is 0.136.